The topological polar surface area (TPSA) is 46.2 Å². The third kappa shape index (κ3) is 3.35. The standard InChI is InChI=1S/C13H15F2NO2/c1-9(2)11(17)13(14,15)12(18)16-8-10-6-4-3-5-7-10/h3-7,9H,8H2,1-2H3,(H,16,18). The number of alkyl halides is 2. The molecule has 3 nitrogen and oxygen atoms in total. The number of rotatable bonds is 5. The summed E-state index contributed by atoms with van der Waals surface area (Å²) in [7, 11) is 0. The third-order valence-electron chi connectivity index (χ3n) is 2.41. The zero-order chi connectivity index (χ0) is 13.8. The van der Waals surface area contributed by atoms with E-state index < -0.39 is 23.5 Å². The summed E-state index contributed by atoms with van der Waals surface area (Å²) in [6.07, 6.45) is 0. The van der Waals surface area contributed by atoms with E-state index in [4.69, 9.17) is 0 Å². The van der Waals surface area contributed by atoms with Gasteiger partial charge in [-0.3, -0.25) is 9.59 Å². The Labute approximate surface area is 104 Å². The van der Waals surface area contributed by atoms with Crippen LogP contribution in [-0.4, -0.2) is 17.6 Å². The molecule has 0 radical (unpaired) electrons. The second kappa shape index (κ2) is 5.71. The number of ketones is 1. The fourth-order valence-electron chi connectivity index (χ4n) is 1.36. The summed E-state index contributed by atoms with van der Waals surface area (Å²) in [4.78, 5) is 22.5. The molecule has 0 aromatic heterocycles. The van der Waals surface area contributed by atoms with E-state index in [2.05, 4.69) is 5.32 Å². The normalized spacial score (nSPS) is 11.4. The van der Waals surface area contributed by atoms with Crippen LogP contribution < -0.4 is 5.32 Å². The summed E-state index contributed by atoms with van der Waals surface area (Å²) < 4.78 is 26.8. The number of benzene rings is 1. The molecule has 18 heavy (non-hydrogen) atoms. The molecule has 0 aliphatic rings. The van der Waals surface area contributed by atoms with Crippen molar-refractivity contribution in [2.24, 2.45) is 5.92 Å². The van der Waals surface area contributed by atoms with Crippen molar-refractivity contribution in [1.82, 2.24) is 5.32 Å². The highest BCUT2D eigenvalue weighted by Gasteiger charge is 2.47. The Morgan fingerprint density at radius 2 is 1.78 bits per heavy atom. The van der Waals surface area contributed by atoms with E-state index in [1.54, 1.807) is 30.3 Å². The lowest BCUT2D eigenvalue weighted by Crippen LogP contribution is -2.47. The third-order valence-corrected chi connectivity index (χ3v) is 2.41. The minimum Gasteiger partial charge on any atom is -0.346 e. The van der Waals surface area contributed by atoms with Gasteiger partial charge in [-0.2, -0.15) is 8.78 Å². The van der Waals surface area contributed by atoms with E-state index in [1.165, 1.54) is 13.8 Å². The van der Waals surface area contributed by atoms with Crippen molar-refractivity contribution in [2.75, 3.05) is 0 Å². The van der Waals surface area contributed by atoms with Gasteiger partial charge in [0.25, 0.3) is 5.91 Å². The fourth-order valence-corrected chi connectivity index (χ4v) is 1.36. The van der Waals surface area contributed by atoms with Crippen molar-refractivity contribution in [1.29, 1.82) is 0 Å². The monoisotopic (exact) mass is 255 g/mol. The number of carbonyl (C=O) groups is 2. The molecule has 1 rings (SSSR count). The highest BCUT2D eigenvalue weighted by molar-refractivity contribution is 6.08. The first kappa shape index (κ1) is 14.3. The molecule has 5 heteroatoms. The Morgan fingerprint density at radius 1 is 1.22 bits per heavy atom. The van der Waals surface area contributed by atoms with Gasteiger partial charge in [0.2, 0.25) is 5.78 Å². The van der Waals surface area contributed by atoms with Crippen LogP contribution in [0.2, 0.25) is 0 Å². The quantitative estimate of drug-likeness (QED) is 0.819. The van der Waals surface area contributed by atoms with Crippen LogP contribution >= 0.6 is 0 Å². The Hall–Kier alpha value is -1.78. The molecule has 1 N–H and O–H groups in total. The highest BCUT2D eigenvalue weighted by Crippen LogP contribution is 2.19. The number of halogens is 2. The molecule has 0 aliphatic heterocycles. The number of hydrogen-bond donors (Lipinski definition) is 1. The smallest absolute Gasteiger partial charge is 0.346 e. The predicted octanol–water partition coefficient (Wildman–Crippen LogP) is 2.16. The Kier molecular flexibility index (Phi) is 4.53. The van der Waals surface area contributed by atoms with Crippen LogP contribution in [0.1, 0.15) is 19.4 Å². The molecule has 0 fully saturated rings. The molecular formula is C13H15F2NO2. The Morgan fingerprint density at radius 3 is 2.28 bits per heavy atom. The van der Waals surface area contributed by atoms with Crippen molar-refractivity contribution in [3.8, 4) is 0 Å². The number of Topliss-reactive ketones (excluding diaryl/α,β-unsaturated/α-hetero) is 1. The molecule has 0 unspecified atom stereocenters. The molecule has 0 bridgehead atoms. The van der Waals surface area contributed by atoms with Crippen molar-refractivity contribution >= 4 is 11.7 Å². The summed E-state index contributed by atoms with van der Waals surface area (Å²) in [5.41, 5.74) is 0.693. The minimum atomic E-state index is -3.97. The fraction of sp³-hybridized carbons (Fsp3) is 0.385. The maximum atomic E-state index is 13.4. The van der Waals surface area contributed by atoms with Crippen LogP contribution in [0.3, 0.4) is 0 Å². The average molecular weight is 255 g/mol. The van der Waals surface area contributed by atoms with E-state index in [1.807, 2.05) is 0 Å². The number of carbonyl (C=O) groups excluding carboxylic acids is 2. The number of hydrogen-bond acceptors (Lipinski definition) is 2. The van der Waals surface area contributed by atoms with Crippen LogP contribution in [0.15, 0.2) is 30.3 Å². The second-order valence-electron chi connectivity index (χ2n) is 4.26. The van der Waals surface area contributed by atoms with Gasteiger partial charge in [0.1, 0.15) is 0 Å². The van der Waals surface area contributed by atoms with Crippen molar-refractivity contribution in [3.63, 3.8) is 0 Å². The van der Waals surface area contributed by atoms with Gasteiger partial charge in [-0.25, -0.2) is 0 Å². The molecular weight excluding hydrogens is 240 g/mol. The first-order valence-corrected chi connectivity index (χ1v) is 5.60. The van der Waals surface area contributed by atoms with Crippen LogP contribution in [0.25, 0.3) is 0 Å². The first-order chi connectivity index (χ1) is 8.35. The lowest BCUT2D eigenvalue weighted by atomic mass is 10.0. The Bertz CT molecular complexity index is 430. The van der Waals surface area contributed by atoms with Gasteiger partial charge < -0.3 is 5.32 Å². The van der Waals surface area contributed by atoms with Gasteiger partial charge in [-0.05, 0) is 5.56 Å². The minimum absolute atomic E-state index is 0.0271. The van der Waals surface area contributed by atoms with Crippen molar-refractivity contribution in [2.45, 2.75) is 26.3 Å². The average Bonchev–Trinajstić information content (AvgIpc) is 2.35. The number of amides is 1. The zero-order valence-electron chi connectivity index (χ0n) is 10.2. The summed E-state index contributed by atoms with van der Waals surface area (Å²) in [5.74, 6) is -7.77. The Balaban J connectivity index is 2.63. The largest absolute Gasteiger partial charge is 0.381 e. The lowest BCUT2D eigenvalue weighted by molar-refractivity contribution is -0.160. The van der Waals surface area contributed by atoms with E-state index in [0.29, 0.717) is 5.56 Å². The molecule has 0 heterocycles. The van der Waals surface area contributed by atoms with Gasteiger partial charge in [0.15, 0.2) is 0 Å². The lowest BCUT2D eigenvalue weighted by Gasteiger charge is -2.16. The molecule has 0 atom stereocenters. The first-order valence-electron chi connectivity index (χ1n) is 5.60. The van der Waals surface area contributed by atoms with Gasteiger partial charge in [-0.15, -0.1) is 0 Å². The second-order valence-corrected chi connectivity index (χ2v) is 4.26. The summed E-state index contributed by atoms with van der Waals surface area (Å²) in [6.45, 7) is 2.64. The van der Waals surface area contributed by atoms with Crippen LogP contribution in [0.5, 0.6) is 0 Å². The van der Waals surface area contributed by atoms with Crippen LogP contribution in [0, 0.1) is 5.92 Å². The molecule has 1 aromatic rings. The van der Waals surface area contributed by atoms with Crippen LogP contribution in [-0.2, 0) is 16.1 Å². The molecule has 0 aliphatic carbocycles. The SMILES string of the molecule is CC(C)C(=O)C(F)(F)C(=O)NCc1ccccc1. The van der Waals surface area contributed by atoms with Gasteiger partial charge in [-0.1, -0.05) is 44.2 Å². The summed E-state index contributed by atoms with van der Waals surface area (Å²) in [6, 6.07) is 8.64. The van der Waals surface area contributed by atoms with E-state index >= 15 is 0 Å². The predicted molar refractivity (Wildman–Crippen MR) is 63.1 cm³/mol. The van der Waals surface area contributed by atoms with Gasteiger partial charge in [0.05, 0.1) is 0 Å². The van der Waals surface area contributed by atoms with Crippen molar-refractivity contribution in [3.05, 3.63) is 35.9 Å². The molecule has 0 saturated carbocycles. The molecule has 1 amide bonds. The highest BCUT2D eigenvalue weighted by atomic mass is 19.3. The maximum absolute atomic E-state index is 13.4. The molecule has 0 saturated heterocycles. The summed E-state index contributed by atoms with van der Waals surface area (Å²) >= 11 is 0. The van der Waals surface area contributed by atoms with Crippen molar-refractivity contribution < 1.29 is 18.4 Å². The number of nitrogens with one attached hydrogen (secondary N) is 1. The maximum Gasteiger partial charge on any atom is 0.381 e. The van der Waals surface area contributed by atoms with Gasteiger partial charge in [0, 0.05) is 12.5 Å². The molecule has 0 spiro atoms. The van der Waals surface area contributed by atoms with E-state index in [0.717, 1.165) is 0 Å². The zero-order valence-corrected chi connectivity index (χ0v) is 10.2. The van der Waals surface area contributed by atoms with Crippen LogP contribution in [0.4, 0.5) is 8.78 Å². The molecule has 1 aromatic carbocycles. The van der Waals surface area contributed by atoms with Gasteiger partial charge >= 0.3 is 5.92 Å². The summed E-state index contributed by atoms with van der Waals surface area (Å²) in [5, 5.41) is 2.07. The molecule has 98 valence electrons. The van der Waals surface area contributed by atoms with E-state index in [9.17, 15) is 18.4 Å². The van der Waals surface area contributed by atoms with E-state index in [-0.39, 0.29) is 6.54 Å².